The number of hydrogen-bond donors (Lipinski definition) is 1. The molecule has 2 rings (SSSR count). The molecule has 8 heteroatoms. The summed E-state index contributed by atoms with van der Waals surface area (Å²) < 4.78 is 9.44. The zero-order valence-electron chi connectivity index (χ0n) is 14.5. The van der Waals surface area contributed by atoms with E-state index in [0.29, 0.717) is 23.7 Å². The van der Waals surface area contributed by atoms with E-state index in [1.54, 1.807) is 0 Å². The van der Waals surface area contributed by atoms with Crippen molar-refractivity contribution in [3.8, 4) is 0 Å². The van der Waals surface area contributed by atoms with Crippen molar-refractivity contribution >= 4 is 36.4 Å². The van der Waals surface area contributed by atoms with Gasteiger partial charge in [-0.25, -0.2) is 9.59 Å². The number of benzene rings is 2. The number of aldehydes is 2. The Morgan fingerprint density at radius 2 is 1.14 bits per heavy atom. The monoisotopic (exact) mass is 381 g/mol. The van der Waals surface area contributed by atoms with Crippen LogP contribution in [0.5, 0.6) is 0 Å². The molecule has 0 atom stereocenters. The van der Waals surface area contributed by atoms with E-state index in [0.717, 1.165) is 0 Å². The number of nitrogens with one attached hydrogen (secondary N) is 1. The summed E-state index contributed by atoms with van der Waals surface area (Å²) in [4.78, 5) is 56.5. The van der Waals surface area contributed by atoms with E-state index in [1.807, 2.05) is 0 Å². The fourth-order valence-corrected chi connectivity index (χ4v) is 2.05. The van der Waals surface area contributed by atoms with Gasteiger partial charge in [0.1, 0.15) is 12.6 Å². The summed E-state index contributed by atoms with van der Waals surface area (Å²) in [5, 5.41) is 7.61. The Kier molecular flexibility index (Phi) is 7.04. The summed E-state index contributed by atoms with van der Waals surface area (Å²) in [6.45, 7) is 0. The van der Waals surface area contributed by atoms with Crippen molar-refractivity contribution < 1.29 is 33.4 Å². The lowest BCUT2D eigenvalue weighted by Crippen LogP contribution is -2.16. The number of carbonyl (C=O) groups is 5. The van der Waals surface area contributed by atoms with Gasteiger partial charge in [0.2, 0.25) is 0 Å². The first-order valence-corrected chi connectivity index (χ1v) is 8.08. The molecule has 0 heterocycles. The summed E-state index contributed by atoms with van der Waals surface area (Å²) >= 11 is 0. The second-order valence-electron chi connectivity index (χ2n) is 5.55. The van der Waals surface area contributed by atoms with Crippen molar-refractivity contribution in [3.05, 3.63) is 70.8 Å². The van der Waals surface area contributed by atoms with E-state index in [4.69, 9.17) is 10.1 Å². The third kappa shape index (κ3) is 5.80. The Bertz CT molecular complexity index is 837. The smallest absolute Gasteiger partial charge is 0.345 e. The average molecular weight is 381 g/mol. The van der Waals surface area contributed by atoms with Crippen molar-refractivity contribution in [2.24, 2.45) is 0 Å². The highest BCUT2D eigenvalue weighted by molar-refractivity contribution is 6.00. The Morgan fingerprint density at radius 3 is 1.57 bits per heavy atom. The number of esters is 3. The summed E-state index contributed by atoms with van der Waals surface area (Å²) in [7, 11) is 0. The van der Waals surface area contributed by atoms with E-state index >= 15 is 0 Å². The van der Waals surface area contributed by atoms with Crippen LogP contribution in [0.3, 0.4) is 0 Å². The van der Waals surface area contributed by atoms with Crippen LogP contribution in [-0.4, -0.2) is 36.4 Å². The third-order valence-electron chi connectivity index (χ3n) is 3.54. The topological polar surface area (TPSA) is 128 Å². The SMILES string of the molecule is N=C(CCC(=O)OC(=O)c1ccc(C=O)cc1)OC(=O)c1ccc(C=O)cc1. The molecule has 0 amide bonds. The molecule has 0 unspecified atom stereocenters. The van der Waals surface area contributed by atoms with Crippen LogP contribution in [-0.2, 0) is 14.3 Å². The maximum absolute atomic E-state index is 11.9. The lowest BCUT2D eigenvalue weighted by atomic mass is 10.1. The lowest BCUT2D eigenvalue weighted by Gasteiger charge is -2.06. The molecular formula is C20H15NO7. The largest absolute Gasteiger partial charge is 0.409 e. The van der Waals surface area contributed by atoms with Crippen LogP contribution in [0.4, 0.5) is 0 Å². The molecule has 0 aliphatic rings. The quantitative estimate of drug-likeness (QED) is 0.257. The van der Waals surface area contributed by atoms with Crippen molar-refractivity contribution in [2.75, 3.05) is 0 Å². The van der Waals surface area contributed by atoms with E-state index in [9.17, 15) is 24.0 Å². The molecule has 8 nitrogen and oxygen atoms in total. The molecule has 0 aromatic heterocycles. The summed E-state index contributed by atoms with van der Waals surface area (Å²) in [5.41, 5.74) is 1.00. The van der Waals surface area contributed by atoms with Gasteiger partial charge in [-0.15, -0.1) is 0 Å². The first-order valence-electron chi connectivity index (χ1n) is 8.08. The zero-order valence-corrected chi connectivity index (χ0v) is 14.5. The second kappa shape index (κ2) is 9.67. The Morgan fingerprint density at radius 1 is 0.714 bits per heavy atom. The minimum atomic E-state index is -0.888. The maximum Gasteiger partial charge on any atom is 0.345 e. The molecule has 0 saturated carbocycles. The molecule has 28 heavy (non-hydrogen) atoms. The van der Waals surface area contributed by atoms with Crippen LogP contribution in [0.2, 0.25) is 0 Å². The van der Waals surface area contributed by atoms with Crippen LogP contribution in [0, 0.1) is 5.41 Å². The molecule has 0 fully saturated rings. The van der Waals surface area contributed by atoms with Gasteiger partial charge in [-0.05, 0) is 24.3 Å². The van der Waals surface area contributed by atoms with Crippen LogP contribution in [0.1, 0.15) is 54.3 Å². The van der Waals surface area contributed by atoms with E-state index in [-0.39, 0.29) is 24.0 Å². The zero-order chi connectivity index (χ0) is 20.5. The highest BCUT2D eigenvalue weighted by Crippen LogP contribution is 2.08. The van der Waals surface area contributed by atoms with Crippen molar-refractivity contribution in [2.45, 2.75) is 12.8 Å². The lowest BCUT2D eigenvalue weighted by molar-refractivity contribution is -0.137. The predicted octanol–water partition coefficient (Wildman–Crippen LogP) is 2.61. The van der Waals surface area contributed by atoms with Crippen LogP contribution in [0.15, 0.2) is 48.5 Å². The van der Waals surface area contributed by atoms with Crippen LogP contribution < -0.4 is 0 Å². The van der Waals surface area contributed by atoms with E-state index < -0.39 is 23.8 Å². The molecule has 0 spiro atoms. The van der Waals surface area contributed by atoms with Crippen molar-refractivity contribution in [3.63, 3.8) is 0 Å². The van der Waals surface area contributed by atoms with Gasteiger partial charge in [0.05, 0.1) is 17.5 Å². The van der Waals surface area contributed by atoms with Gasteiger partial charge in [-0.1, -0.05) is 24.3 Å². The molecule has 142 valence electrons. The van der Waals surface area contributed by atoms with E-state index in [2.05, 4.69) is 4.74 Å². The van der Waals surface area contributed by atoms with Gasteiger partial charge in [-0.2, -0.15) is 0 Å². The minimum Gasteiger partial charge on any atom is -0.409 e. The molecule has 0 aliphatic heterocycles. The van der Waals surface area contributed by atoms with Gasteiger partial charge in [0.25, 0.3) is 0 Å². The molecule has 0 saturated heterocycles. The maximum atomic E-state index is 11.9. The molecule has 2 aromatic carbocycles. The summed E-state index contributed by atoms with van der Waals surface area (Å²) in [5.74, 6) is -3.05. The predicted molar refractivity (Wildman–Crippen MR) is 96.5 cm³/mol. The Hall–Kier alpha value is -3.94. The number of hydrogen-bond acceptors (Lipinski definition) is 8. The van der Waals surface area contributed by atoms with E-state index in [1.165, 1.54) is 48.5 Å². The van der Waals surface area contributed by atoms with Gasteiger partial charge in [-0.3, -0.25) is 19.8 Å². The molecular weight excluding hydrogens is 366 g/mol. The van der Waals surface area contributed by atoms with Gasteiger partial charge < -0.3 is 9.47 Å². The normalized spacial score (nSPS) is 9.86. The molecule has 0 radical (unpaired) electrons. The second-order valence-corrected chi connectivity index (χ2v) is 5.55. The molecule has 1 N–H and O–H groups in total. The van der Waals surface area contributed by atoms with Gasteiger partial charge >= 0.3 is 17.9 Å². The first-order chi connectivity index (χ1) is 13.4. The molecule has 0 aliphatic carbocycles. The van der Waals surface area contributed by atoms with Crippen molar-refractivity contribution in [1.29, 1.82) is 5.41 Å². The number of carbonyl (C=O) groups excluding carboxylic acids is 5. The third-order valence-corrected chi connectivity index (χ3v) is 3.54. The molecule has 0 bridgehead atoms. The van der Waals surface area contributed by atoms with Gasteiger partial charge in [0, 0.05) is 17.5 Å². The van der Waals surface area contributed by atoms with Crippen LogP contribution >= 0.6 is 0 Å². The Labute approximate surface area is 159 Å². The Balaban J connectivity index is 1.79. The minimum absolute atomic E-state index is 0.0965. The highest BCUT2D eigenvalue weighted by Gasteiger charge is 2.16. The number of rotatable bonds is 7. The fourth-order valence-electron chi connectivity index (χ4n) is 2.05. The molecule has 2 aromatic rings. The first kappa shape index (κ1) is 20.4. The fraction of sp³-hybridized carbons (Fsp3) is 0.100. The number of ether oxygens (including phenoxy) is 2. The summed E-state index contributed by atoms with van der Waals surface area (Å²) in [6, 6.07) is 11.1. The average Bonchev–Trinajstić information content (AvgIpc) is 2.72. The van der Waals surface area contributed by atoms with Gasteiger partial charge in [0.15, 0.2) is 5.90 Å². The standard InChI is InChI=1S/C20H15NO7/c21-17(27-19(25)15-5-1-13(11-22)2-6-15)9-10-18(24)28-20(26)16-7-3-14(12-23)4-8-16/h1-8,11-12,21H,9-10H2. The van der Waals surface area contributed by atoms with Crippen LogP contribution in [0.25, 0.3) is 0 Å². The van der Waals surface area contributed by atoms with Crippen molar-refractivity contribution in [1.82, 2.24) is 0 Å². The summed E-state index contributed by atoms with van der Waals surface area (Å²) in [6.07, 6.45) is 0.660. The highest BCUT2D eigenvalue weighted by atomic mass is 16.6.